The van der Waals surface area contributed by atoms with E-state index in [0.717, 1.165) is 25.0 Å². The van der Waals surface area contributed by atoms with Gasteiger partial charge in [-0.3, -0.25) is 0 Å². The molecule has 1 aliphatic carbocycles. The Morgan fingerprint density at radius 3 is 2.50 bits per heavy atom. The van der Waals surface area contributed by atoms with Crippen molar-refractivity contribution in [1.82, 2.24) is 10.6 Å². The predicted molar refractivity (Wildman–Crippen MR) is 80.2 cm³/mol. The molecule has 2 N–H and O–H groups in total. The molecule has 0 spiro atoms. The number of hydrogen-bond acceptors (Lipinski definition) is 2. The predicted octanol–water partition coefficient (Wildman–Crippen LogP) is 2.82. The fraction of sp³-hybridized carbons (Fsp3) is 0.562. The minimum atomic E-state index is -0.0702. The molecule has 110 valence electrons. The summed E-state index contributed by atoms with van der Waals surface area (Å²) in [6.45, 7) is 4.77. The van der Waals surface area contributed by atoms with Crippen molar-refractivity contribution in [2.75, 3.05) is 13.7 Å². The van der Waals surface area contributed by atoms with Gasteiger partial charge in [-0.2, -0.15) is 0 Å². The Morgan fingerprint density at radius 1 is 1.35 bits per heavy atom. The van der Waals surface area contributed by atoms with E-state index in [-0.39, 0.29) is 17.5 Å². The number of methoxy groups -OCH3 is 1. The van der Waals surface area contributed by atoms with Crippen molar-refractivity contribution < 1.29 is 9.53 Å². The second kappa shape index (κ2) is 6.16. The van der Waals surface area contributed by atoms with E-state index < -0.39 is 0 Å². The van der Waals surface area contributed by atoms with Gasteiger partial charge in [0.25, 0.3) is 0 Å². The minimum Gasteiger partial charge on any atom is -0.497 e. The van der Waals surface area contributed by atoms with Crippen molar-refractivity contribution in [2.24, 2.45) is 0 Å². The highest BCUT2D eigenvalue weighted by atomic mass is 16.5. The van der Waals surface area contributed by atoms with E-state index in [1.165, 1.54) is 5.56 Å². The molecule has 0 saturated heterocycles. The van der Waals surface area contributed by atoms with Crippen LogP contribution in [-0.2, 0) is 5.41 Å². The molecule has 2 rings (SSSR count). The number of ether oxygens (including phenoxy) is 1. The summed E-state index contributed by atoms with van der Waals surface area (Å²) in [6, 6.07) is 8.30. The first-order valence-corrected chi connectivity index (χ1v) is 7.28. The molecule has 1 aliphatic rings. The molecule has 1 atom stereocenters. The van der Waals surface area contributed by atoms with Crippen molar-refractivity contribution in [3.05, 3.63) is 29.8 Å². The van der Waals surface area contributed by atoms with E-state index in [9.17, 15) is 4.79 Å². The van der Waals surface area contributed by atoms with E-state index >= 15 is 0 Å². The number of nitrogens with one attached hydrogen (secondary N) is 2. The molecule has 0 aliphatic heterocycles. The van der Waals surface area contributed by atoms with Gasteiger partial charge in [-0.15, -0.1) is 0 Å². The number of rotatable bonds is 6. The van der Waals surface area contributed by atoms with Gasteiger partial charge >= 0.3 is 6.03 Å². The summed E-state index contributed by atoms with van der Waals surface area (Å²) < 4.78 is 5.18. The first kappa shape index (κ1) is 14.7. The average Bonchev–Trinajstić information content (AvgIpc) is 3.26. The number of benzene rings is 1. The Hall–Kier alpha value is -1.71. The Balaban J connectivity index is 1.89. The van der Waals surface area contributed by atoms with E-state index in [4.69, 9.17) is 4.74 Å². The lowest BCUT2D eigenvalue weighted by atomic mass is 9.96. The highest BCUT2D eigenvalue weighted by Crippen LogP contribution is 2.47. The molecule has 4 heteroatoms. The molecule has 1 unspecified atom stereocenters. The SMILES string of the molecule is CCC(C)NC(=O)NCC1(c2ccc(OC)cc2)CC1. The molecular formula is C16H24N2O2. The van der Waals surface area contributed by atoms with Gasteiger partial charge in [-0.25, -0.2) is 4.79 Å². The zero-order valence-electron chi connectivity index (χ0n) is 12.5. The van der Waals surface area contributed by atoms with E-state index in [0.29, 0.717) is 6.54 Å². The zero-order chi connectivity index (χ0) is 14.6. The second-order valence-corrected chi connectivity index (χ2v) is 5.65. The fourth-order valence-electron chi connectivity index (χ4n) is 2.29. The van der Waals surface area contributed by atoms with Crippen molar-refractivity contribution in [3.8, 4) is 5.75 Å². The maximum atomic E-state index is 11.8. The molecule has 1 aromatic rings. The summed E-state index contributed by atoms with van der Waals surface area (Å²) in [5.41, 5.74) is 1.40. The first-order chi connectivity index (χ1) is 9.59. The molecule has 0 heterocycles. The Bertz CT molecular complexity index is 452. The third-order valence-electron chi connectivity index (χ3n) is 4.13. The molecule has 4 nitrogen and oxygen atoms in total. The van der Waals surface area contributed by atoms with Gasteiger partial charge in [0.15, 0.2) is 0 Å². The summed E-state index contributed by atoms with van der Waals surface area (Å²) >= 11 is 0. The van der Waals surface area contributed by atoms with Crippen LogP contribution in [0.4, 0.5) is 4.79 Å². The number of amides is 2. The van der Waals surface area contributed by atoms with Crippen LogP contribution in [0.5, 0.6) is 5.75 Å². The molecule has 1 aromatic carbocycles. The van der Waals surface area contributed by atoms with Gasteiger partial charge in [-0.05, 0) is 43.9 Å². The summed E-state index contributed by atoms with van der Waals surface area (Å²) in [4.78, 5) is 11.8. The van der Waals surface area contributed by atoms with Crippen molar-refractivity contribution >= 4 is 6.03 Å². The molecule has 0 radical (unpaired) electrons. The Kier molecular flexibility index (Phi) is 4.53. The van der Waals surface area contributed by atoms with Gasteiger partial charge in [0.05, 0.1) is 7.11 Å². The highest BCUT2D eigenvalue weighted by Gasteiger charge is 2.44. The van der Waals surface area contributed by atoms with Crippen LogP contribution in [0.3, 0.4) is 0 Å². The van der Waals surface area contributed by atoms with Crippen LogP contribution in [-0.4, -0.2) is 25.7 Å². The smallest absolute Gasteiger partial charge is 0.315 e. The van der Waals surface area contributed by atoms with E-state index in [1.807, 2.05) is 19.1 Å². The van der Waals surface area contributed by atoms with E-state index in [2.05, 4.69) is 29.7 Å². The number of urea groups is 1. The number of carbonyl (C=O) groups excluding carboxylic acids is 1. The molecule has 20 heavy (non-hydrogen) atoms. The summed E-state index contributed by atoms with van der Waals surface area (Å²) in [5, 5.41) is 5.93. The van der Waals surface area contributed by atoms with Gasteiger partial charge in [0, 0.05) is 18.0 Å². The second-order valence-electron chi connectivity index (χ2n) is 5.65. The van der Waals surface area contributed by atoms with Gasteiger partial charge in [-0.1, -0.05) is 19.1 Å². The molecule has 0 bridgehead atoms. The Labute approximate surface area is 120 Å². The van der Waals surface area contributed by atoms with Crippen molar-refractivity contribution in [3.63, 3.8) is 0 Å². The lowest BCUT2D eigenvalue weighted by molar-refractivity contribution is 0.236. The minimum absolute atomic E-state index is 0.0702. The molecule has 0 aromatic heterocycles. The highest BCUT2D eigenvalue weighted by molar-refractivity contribution is 5.74. The molecule has 1 saturated carbocycles. The van der Waals surface area contributed by atoms with Crippen LogP contribution in [0.15, 0.2) is 24.3 Å². The maximum absolute atomic E-state index is 11.8. The molecular weight excluding hydrogens is 252 g/mol. The van der Waals surface area contributed by atoms with Crippen LogP contribution in [0.25, 0.3) is 0 Å². The van der Waals surface area contributed by atoms with Crippen LogP contribution in [0, 0.1) is 0 Å². The summed E-state index contributed by atoms with van der Waals surface area (Å²) in [7, 11) is 1.67. The van der Waals surface area contributed by atoms with Crippen molar-refractivity contribution in [2.45, 2.75) is 44.6 Å². The average molecular weight is 276 g/mol. The summed E-state index contributed by atoms with van der Waals surface area (Å²) in [6.07, 6.45) is 3.20. The van der Waals surface area contributed by atoms with Gasteiger partial charge in [0.1, 0.15) is 5.75 Å². The van der Waals surface area contributed by atoms with Gasteiger partial charge in [0.2, 0.25) is 0 Å². The quantitative estimate of drug-likeness (QED) is 0.839. The third kappa shape index (κ3) is 3.44. The number of carbonyl (C=O) groups is 1. The van der Waals surface area contributed by atoms with Crippen LogP contribution in [0.1, 0.15) is 38.7 Å². The summed E-state index contributed by atoms with van der Waals surface area (Å²) in [5.74, 6) is 0.868. The number of hydrogen-bond donors (Lipinski definition) is 2. The van der Waals surface area contributed by atoms with E-state index in [1.54, 1.807) is 7.11 Å². The van der Waals surface area contributed by atoms with Crippen molar-refractivity contribution in [1.29, 1.82) is 0 Å². The standard InChI is InChI=1S/C16H24N2O2/c1-4-12(2)18-15(19)17-11-16(9-10-16)13-5-7-14(20-3)8-6-13/h5-8,12H,4,9-11H2,1-3H3,(H2,17,18,19). The lowest BCUT2D eigenvalue weighted by Crippen LogP contribution is -2.43. The fourth-order valence-corrected chi connectivity index (χ4v) is 2.29. The third-order valence-corrected chi connectivity index (χ3v) is 4.13. The largest absolute Gasteiger partial charge is 0.497 e. The normalized spacial score (nSPS) is 17.1. The maximum Gasteiger partial charge on any atom is 0.315 e. The molecule has 2 amide bonds. The monoisotopic (exact) mass is 276 g/mol. The van der Waals surface area contributed by atoms with Crippen LogP contribution < -0.4 is 15.4 Å². The Morgan fingerprint density at radius 2 is 2.00 bits per heavy atom. The molecule has 1 fully saturated rings. The first-order valence-electron chi connectivity index (χ1n) is 7.28. The van der Waals surface area contributed by atoms with Gasteiger partial charge < -0.3 is 15.4 Å². The topological polar surface area (TPSA) is 50.4 Å². The van der Waals surface area contributed by atoms with Crippen LogP contribution >= 0.6 is 0 Å². The van der Waals surface area contributed by atoms with Crippen LogP contribution in [0.2, 0.25) is 0 Å². The lowest BCUT2D eigenvalue weighted by Gasteiger charge is -2.18. The zero-order valence-corrected chi connectivity index (χ0v) is 12.5.